The predicted molar refractivity (Wildman–Crippen MR) is 103 cm³/mol. The van der Waals surface area contributed by atoms with Crippen molar-refractivity contribution >= 4 is 34.5 Å². The summed E-state index contributed by atoms with van der Waals surface area (Å²) in [6, 6.07) is 7.55. The summed E-state index contributed by atoms with van der Waals surface area (Å²) in [5.41, 5.74) is 3.64. The first-order valence-electron chi connectivity index (χ1n) is 8.66. The van der Waals surface area contributed by atoms with Crippen LogP contribution in [0.15, 0.2) is 39.5 Å². The second kappa shape index (κ2) is 7.32. The molecule has 1 N–H and O–H groups in total. The summed E-state index contributed by atoms with van der Waals surface area (Å²) in [7, 11) is 0. The Hall–Kier alpha value is -3.00. The molecule has 2 amide bonds. The number of carbonyl (C=O) groups excluding carboxylic acids is 2. The summed E-state index contributed by atoms with van der Waals surface area (Å²) in [6.07, 6.45) is 1.43. The molecule has 1 aliphatic heterocycles. The van der Waals surface area contributed by atoms with Gasteiger partial charge in [-0.05, 0) is 41.6 Å². The van der Waals surface area contributed by atoms with Crippen LogP contribution in [0.25, 0.3) is 11.4 Å². The number of aryl methyl sites for hydroxylation is 1. The van der Waals surface area contributed by atoms with Gasteiger partial charge in [-0.1, -0.05) is 5.16 Å². The van der Waals surface area contributed by atoms with E-state index in [9.17, 15) is 9.59 Å². The monoisotopic (exact) mass is 382 g/mol. The third kappa shape index (κ3) is 3.75. The molecule has 0 saturated heterocycles. The molecule has 138 valence electrons. The molecule has 0 atom stereocenters. The summed E-state index contributed by atoms with van der Waals surface area (Å²) < 4.78 is 5.21. The van der Waals surface area contributed by atoms with Gasteiger partial charge >= 0.3 is 0 Å². The molecular formula is C19H18N4O3S. The molecule has 0 saturated carbocycles. The Kier molecular flexibility index (Phi) is 4.72. The van der Waals surface area contributed by atoms with E-state index in [2.05, 4.69) is 15.5 Å². The van der Waals surface area contributed by atoms with Gasteiger partial charge in [0.15, 0.2) is 0 Å². The van der Waals surface area contributed by atoms with Gasteiger partial charge in [0.25, 0.3) is 0 Å². The number of aromatic nitrogens is 2. The van der Waals surface area contributed by atoms with Gasteiger partial charge in [-0.2, -0.15) is 16.3 Å². The molecule has 2 aromatic heterocycles. The fourth-order valence-corrected chi connectivity index (χ4v) is 3.75. The third-order valence-corrected chi connectivity index (χ3v) is 5.14. The molecule has 0 bridgehead atoms. The van der Waals surface area contributed by atoms with Crippen molar-refractivity contribution in [3.8, 4) is 11.4 Å². The van der Waals surface area contributed by atoms with Gasteiger partial charge in [-0.3, -0.25) is 9.59 Å². The van der Waals surface area contributed by atoms with Crippen molar-refractivity contribution in [1.82, 2.24) is 10.1 Å². The van der Waals surface area contributed by atoms with E-state index in [-0.39, 0.29) is 18.2 Å². The summed E-state index contributed by atoms with van der Waals surface area (Å²) in [4.78, 5) is 29.9. The van der Waals surface area contributed by atoms with Gasteiger partial charge in [-0.25, -0.2) is 0 Å². The lowest BCUT2D eigenvalue weighted by Gasteiger charge is -2.15. The number of amides is 2. The van der Waals surface area contributed by atoms with Crippen LogP contribution in [0.2, 0.25) is 0 Å². The number of hydrogen-bond acceptors (Lipinski definition) is 6. The van der Waals surface area contributed by atoms with Gasteiger partial charge in [0.2, 0.25) is 23.5 Å². The normalized spacial score (nSPS) is 12.9. The van der Waals surface area contributed by atoms with Crippen LogP contribution >= 0.6 is 11.3 Å². The number of nitrogens with zero attached hydrogens (tertiary/aromatic N) is 3. The highest BCUT2D eigenvalue weighted by Crippen LogP contribution is 2.30. The summed E-state index contributed by atoms with van der Waals surface area (Å²) in [6.45, 7) is 2.25. The first kappa shape index (κ1) is 17.4. The molecule has 8 heteroatoms. The molecule has 0 fully saturated rings. The van der Waals surface area contributed by atoms with Crippen LogP contribution in [-0.2, 0) is 22.4 Å². The molecule has 0 unspecified atom stereocenters. The quantitative estimate of drug-likeness (QED) is 0.732. The van der Waals surface area contributed by atoms with E-state index in [1.54, 1.807) is 23.2 Å². The lowest BCUT2D eigenvalue weighted by atomic mass is 10.1. The Bertz CT molecular complexity index is 981. The Labute approximate surface area is 160 Å². The van der Waals surface area contributed by atoms with Crippen molar-refractivity contribution < 1.29 is 14.1 Å². The maximum atomic E-state index is 12.2. The fourth-order valence-electron chi connectivity index (χ4n) is 3.12. The molecule has 1 aliphatic rings. The Balaban J connectivity index is 1.34. The molecule has 0 radical (unpaired) electrons. The van der Waals surface area contributed by atoms with Crippen molar-refractivity contribution in [1.29, 1.82) is 0 Å². The number of hydrogen-bond donors (Lipinski definition) is 1. The molecule has 0 aliphatic carbocycles. The summed E-state index contributed by atoms with van der Waals surface area (Å²) in [5.74, 6) is 0.899. The highest BCUT2D eigenvalue weighted by Gasteiger charge is 2.22. The van der Waals surface area contributed by atoms with Crippen LogP contribution in [-0.4, -0.2) is 28.5 Å². The van der Waals surface area contributed by atoms with Crippen molar-refractivity contribution in [2.24, 2.45) is 0 Å². The Morgan fingerprint density at radius 3 is 3.00 bits per heavy atom. The number of anilines is 2. The summed E-state index contributed by atoms with van der Waals surface area (Å²) in [5, 5.41) is 10.7. The molecule has 27 heavy (non-hydrogen) atoms. The molecule has 4 rings (SSSR count). The molecule has 3 aromatic rings. The minimum Gasteiger partial charge on any atom is -0.339 e. The predicted octanol–water partition coefficient (Wildman–Crippen LogP) is 3.28. The molecule has 3 heterocycles. The van der Waals surface area contributed by atoms with E-state index in [0.29, 0.717) is 24.7 Å². The van der Waals surface area contributed by atoms with Crippen LogP contribution in [0, 0.1) is 0 Å². The van der Waals surface area contributed by atoms with Gasteiger partial charge < -0.3 is 14.7 Å². The van der Waals surface area contributed by atoms with Crippen LogP contribution in [0.4, 0.5) is 11.4 Å². The van der Waals surface area contributed by atoms with E-state index in [1.165, 1.54) is 0 Å². The topological polar surface area (TPSA) is 88.3 Å². The van der Waals surface area contributed by atoms with Crippen molar-refractivity contribution in [3.05, 3.63) is 46.5 Å². The average Bonchev–Trinajstić information content (AvgIpc) is 3.38. The van der Waals surface area contributed by atoms with Crippen molar-refractivity contribution in [2.75, 3.05) is 16.8 Å². The van der Waals surface area contributed by atoms with Gasteiger partial charge in [-0.15, -0.1) is 0 Å². The lowest BCUT2D eigenvalue weighted by molar-refractivity contribution is -0.117. The molecule has 1 aromatic carbocycles. The highest BCUT2D eigenvalue weighted by molar-refractivity contribution is 7.08. The van der Waals surface area contributed by atoms with Gasteiger partial charge in [0, 0.05) is 48.6 Å². The number of benzene rings is 1. The van der Waals surface area contributed by atoms with Crippen LogP contribution < -0.4 is 10.2 Å². The van der Waals surface area contributed by atoms with E-state index >= 15 is 0 Å². The Morgan fingerprint density at radius 1 is 1.33 bits per heavy atom. The number of fused-ring (bicyclic) bond motifs is 1. The minimum atomic E-state index is -0.119. The number of thiophene rings is 1. The maximum Gasteiger partial charge on any atom is 0.227 e. The second-order valence-electron chi connectivity index (χ2n) is 6.34. The van der Waals surface area contributed by atoms with E-state index in [4.69, 9.17) is 4.52 Å². The fraction of sp³-hybridized carbons (Fsp3) is 0.263. The van der Waals surface area contributed by atoms with Crippen LogP contribution in [0.1, 0.15) is 24.8 Å². The third-order valence-electron chi connectivity index (χ3n) is 4.45. The number of nitrogens with one attached hydrogen (secondary N) is 1. The van der Waals surface area contributed by atoms with Crippen molar-refractivity contribution in [2.45, 2.75) is 26.2 Å². The SMILES string of the molecule is CC(=O)N1CCc2cc(NC(=O)CCc3nc(-c4ccsc4)no3)ccc21. The number of carbonyl (C=O) groups is 2. The van der Waals surface area contributed by atoms with Crippen LogP contribution in [0.3, 0.4) is 0 Å². The average molecular weight is 382 g/mol. The van der Waals surface area contributed by atoms with E-state index in [1.807, 2.05) is 35.0 Å². The van der Waals surface area contributed by atoms with Crippen LogP contribution in [0.5, 0.6) is 0 Å². The first-order valence-corrected chi connectivity index (χ1v) is 9.60. The van der Waals surface area contributed by atoms with Gasteiger partial charge in [0.05, 0.1) is 0 Å². The van der Waals surface area contributed by atoms with E-state index in [0.717, 1.165) is 28.9 Å². The molecule has 0 spiro atoms. The second-order valence-corrected chi connectivity index (χ2v) is 7.12. The zero-order valence-corrected chi connectivity index (χ0v) is 15.6. The lowest BCUT2D eigenvalue weighted by Crippen LogP contribution is -2.25. The van der Waals surface area contributed by atoms with Gasteiger partial charge in [0.1, 0.15) is 0 Å². The largest absolute Gasteiger partial charge is 0.339 e. The molecular weight excluding hydrogens is 364 g/mol. The standard InChI is InChI=1S/C19H18N4O3S/c1-12(24)23-8-6-13-10-15(2-3-16(13)23)20-17(25)4-5-18-21-19(22-26-18)14-7-9-27-11-14/h2-3,7,9-11H,4-6,8H2,1H3,(H,20,25). The highest BCUT2D eigenvalue weighted by atomic mass is 32.1. The van der Waals surface area contributed by atoms with E-state index < -0.39 is 0 Å². The smallest absolute Gasteiger partial charge is 0.227 e. The first-order chi connectivity index (χ1) is 13.1. The Morgan fingerprint density at radius 2 is 2.22 bits per heavy atom. The summed E-state index contributed by atoms with van der Waals surface area (Å²) >= 11 is 1.57. The zero-order chi connectivity index (χ0) is 18.8. The molecule has 7 nitrogen and oxygen atoms in total. The van der Waals surface area contributed by atoms with Crippen molar-refractivity contribution in [3.63, 3.8) is 0 Å². The zero-order valence-electron chi connectivity index (χ0n) is 14.8. The number of rotatable bonds is 5. The minimum absolute atomic E-state index is 0.0342. The maximum absolute atomic E-state index is 12.2.